The highest BCUT2D eigenvalue weighted by molar-refractivity contribution is 5.96. The molecule has 0 aliphatic carbocycles. The van der Waals surface area contributed by atoms with E-state index in [9.17, 15) is 9.90 Å². The number of amides is 1. The lowest BCUT2D eigenvalue weighted by molar-refractivity contribution is 0.0549. The predicted molar refractivity (Wildman–Crippen MR) is 87.3 cm³/mol. The Bertz CT molecular complexity index is 478. The number of carbonyl (C=O) groups excluding carboxylic acids is 1. The molecule has 3 heteroatoms. The fourth-order valence-corrected chi connectivity index (χ4v) is 2.60. The van der Waals surface area contributed by atoms with Gasteiger partial charge in [-0.2, -0.15) is 0 Å². The molecule has 1 atom stereocenters. The van der Waals surface area contributed by atoms with Gasteiger partial charge < -0.3 is 10.0 Å². The first kappa shape index (κ1) is 17.7. The van der Waals surface area contributed by atoms with E-state index < -0.39 is 6.10 Å². The minimum atomic E-state index is -0.668. The van der Waals surface area contributed by atoms with Gasteiger partial charge in [0.05, 0.1) is 6.10 Å². The molecule has 0 fully saturated rings. The van der Waals surface area contributed by atoms with Crippen LogP contribution < -0.4 is 0 Å². The van der Waals surface area contributed by atoms with Crippen molar-refractivity contribution in [2.75, 3.05) is 0 Å². The van der Waals surface area contributed by atoms with Crippen LogP contribution in [-0.4, -0.2) is 28.0 Å². The van der Waals surface area contributed by atoms with Gasteiger partial charge in [-0.25, -0.2) is 0 Å². The summed E-state index contributed by atoms with van der Waals surface area (Å²) in [5.41, 5.74) is 1.00. The van der Waals surface area contributed by atoms with Crippen molar-refractivity contribution < 1.29 is 9.90 Å². The van der Waals surface area contributed by atoms with Crippen molar-refractivity contribution in [1.82, 2.24) is 4.90 Å². The Kier molecular flexibility index (Phi) is 5.57. The molecule has 0 aromatic heterocycles. The van der Waals surface area contributed by atoms with E-state index in [1.165, 1.54) is 0 Å². The highest BCUT2D eigenvalue weighted by Crippen LogP contribution is 2.34. The molecule has 118 valence electrons. The number of aliphatic hydroxyl groups excluding tert-OH is 1. The lowest BCUT2D eigenvalue weighted by Gasteiger charge is -2.33. The maximum Gasteiger partial charge on any atom is 0.254 e. The van der Waals surface area contributed by atoms with Gasteiger partial charge in [-0.3, -0.25) is 4.79 Å². The molecule has 0 saturated heterocycles. The van der Waals surface area contributed by atoms with Gasteiger partial charge in [0.2, 0.25) is 0 Å². The maximum absolute atomic E-state index is 12.9. The molecule has 1 rings (SSSR count). The molecule has 1 aromatic carbocycles. The molecule has 0 aliphatic heterocycles. The van der Waals surface area contributed by atoms with Crippen LogP contribution in [0.1, 0.15) is 70.5 Å². The summed E-state index contributed by atoms with van der Waals surface area (Å²) in [4.78, 5) is 14.8. The Morgan fingerprint density at radius 1 is 1.05 bits per heavy atom. The van der Waals surface area contributed by atoms with E-state index in [0.717, 1.165) is 0 Å². The van der Waals surface area contributed by atoms with Crippen LogP contribution in [0.4, 0.5) is 0 Å². The Morgan fingerprint density at radius 3 is 1.95 bits per heavy atom. The number of rotatable bonds is 4. The minimum Gasteiger partial charge on any atom is -0.388 e. The maximum atomic E-state index is 12.9. The van der Waals surface area contributed by atoms with E-state index in [1.807, 2.05) is 77.6 Å². The lowest BCUT2D eigenvalue weighted by Crippen LogP contribution is -2.42. The van der Waals surface area contributed by atoms with Gasteiger partial charge in [-0.1, -0.05) is 39.0 Å². The first-order chi connectivity index (χ1) is 9.57. The fourth-order valence-electron chi connectivity index (χ4n) is 2.60. The summed E-state index contributed by atoms with van der Waals surface area (Å²) in [7, 11) is 0. The quantitative estimate of drug-likeness (QED) is 0.910. The van der Waals surface area contributed by atoms with Crippen molar-refractivity contribution >= 4 is 5.91 Å². The standard InChI is InChI=1S/C18H29NO2/c1-12(2)19(13(3)4)17(21)15-11-9-8-10-14(15)16(20)18(5,6)7/h8-13,16,20H,1-7H3/t16-/m0/s1. The molecule has 3 nitrogen and oxygen atoms in total. The van der Waals surface area contributed by atoms with Crippen LogP contribution in [-0.2, 0) is 0 Å². The lowest BCUT2D eigenvalue weighted by atomic mass is 9.83. The van der Waals surface area contributed by atoms with Crippen LogP contribution in [0.15, 0.2) is 24.3 Å². The molecule has 1 aromatic rings. The van der Waals surface area contributed by atoms with Crippen molar-refractivity contribution in [2.45, 2.75) is 66.7 Å². The molecule has 0 saturated carbocycles. The normalized spacial score (nSPS) is 13.6. The number of hydrogen-bond acceptors (Lipinski definition) is 2. The summed E-state index contributed by atoms with van der Waals surface area (Å²) < 4.78 is 0. The molecule has 0 radical (unpaired) electrons. The molecule has 0 spiro atoms. The molecule has 0 aliphatic rings. The Morgan fingerprint density at radius 2 is 1.52 bits per heavy atom. The Hall–Kier alpha value is -1.35. The summed E-state index contributed by atoms with van der Waals surface area (Å²) in [6.07, 6.45) is -0.668. The van der Waals surface area contributed by atoms with Gasteiger partial charge >= 0.3 is 0 Å². The van der Waals surface area contributed by atoms with Gasteiger partial charge in [-0.15, -0.1) is 0 Å². The zero-order valence-corrected chi connectivity index (χ0v) is 14.3. The fraction of sp³-hybridized carbons (Fsp3) is 0.611. The van der Waals surface area contributed by atoms with Crippen LogP contribution in [0, 0.1) is 5.41 Å². The smallest absolute Gasteiger partial charge is 0.254 e. The zero-order valence-electron chi connectivity index (χ0n) is 14.3. The zero-order chi connectivity index (χ0) is 16.4. The van der Waals surface area contributed by atoms with Crippen LogP contribution >= 0.6 is 0 Å². The number of aliphatic hydroxyl groups is 1. The number of nitrogens with zero attached hydrogens (tertiary/aromatic N) is 1. The predicted octanol–water partition coefficient (Wildman–Crippen LogP) is 4.03. The van der Waals surface area contributed by atoms with Crippen LogP contribution in [0.5, 0.6) is 0 Å². The second-order valence-electron chi connectivity index (χ2n) is 7.26. The highest BCUT2D eigenvalue weighted by Gasteiger charge is 2.30. The van der Waals surface area contributed by atoms with Gasteiger partial charge in [0.25, 0.3) is 5.91 Å². The summed E-state index contributed by atoms with van der Waals surface area (Å²) >= 11 is 0. The van der Waals surface area contributed by atoms with Gasteiger partial charge in [0.1, 0.15) is 0 Å². The van der Waals surface area contributed by atoms with Gasteiger partial charge in [0.15, 0.2) is 0 Å². The molecule has 0 bridgehead atoms. The van der Waals surface area contributed by atoms with Crippen LogP contribution in [0.3, 0.4) is 0 Å². The largest absolute Gasteiger partial charge is 0.388 e. The number of hydrogen-bond donors (Lipinski definition) is 1. The van der Waals surface area contributed by atoms with Crippen molar-refractivity contribution in [3.05, 3.63) is 35.4 Å². The van der Waals surface area contributed by atoms with Crippen LogP contribution in [0.2, 0.25) is 0 Å². The monoisotopic (exact) mass is 291 g/mol. The first-order valence-corrected chi connectivity index (χ1v) is 7.67. The third-order valence-corrected chi connectivity index (χ3v) is 3.65. The molecule has 0 heterocycles. The van der Waals surface area contributed by atoms with E-state index in [-0.39, 0.29) is 23.4 Å². The first-order valence-electron chi connectivity index (χ1n) is 7.67. The number of benzene rings is 1. The van der Waals surface area contributed by atoms with E-state index >= 15 is 0 Å². The summed E-state index contributed by atoms with van der Waals surface area (Å²) in [5.74, 6) is -0.0149. The van der Waals surface area contributed by atoms with Crippen molar-refractivity contribution in [3.63, 3.8) is 0 Å². The summed E-state index contributed by atoms with van der Waals surface area (Å²) in [6, 6.07) is 7.63. The topological polar surface area (TPSA) is 40.5 Å². The molecular formula is C18H29NO2. The average molecular weight is 291 g/mol. The van der Waals surface area contributed by atoms with Crippen molar-refractivity contribution in [1.29, 1.82) is 0 Å². The number of carbonyl (C=O) groups is 1. The molecule has 21 heavy (non-hydrogen) atoms. The molecule has 0 unspecified atom stereocenters. The van der Waals surface area contributed by atoms with Crippen molar-refractivity contribution in [3.8, 4) is 0 Å². The van der Waals surface area contributed by atoms with Crippen LogP contribution in [0.25, 0.3) is 0 Å². The summed E-state index contributed by atoms with van der Waals surface area (Å²) in [5, 5.41) is 10.6. The molecular weight excluding hydrogens is 262 g/mol. The second kappa shape index (κ2) is 6.61. The minimum absolute atomic E-state index is 0.0149. The van der Waals surface area contributed by atoms with E-state index in [0.29, 0.717) is 11.1 Å². The molecule has 1 amide bonds. The Balaban J connectivity index is 3.28. The summed E-state index contributed by atoms with van der Waals surface area (Å²) in [6.45, 7) is 14.0. The molecule has 1 N–H and O–H groups in total. The van der Waals surface area contributed by atoms with Crippen molar-refractivity contribution in [2.24, 2.45) is 5.41 Å². The highest BCUT2D eigenvalue weighted by atomic mass is 16.3. The third-order valence-electron chi connectivity index (χ3n) is 3.65. The van der Waals surface area contributed by atoms with E-state index in [2.05, 4.69) is 0 Å². The second-order valence-corrected chi connectivity index (χ2v) is 7.26. The van der Waals surface area contributed by atoms with E-state index in [1.54, 1.807) is 0 Å². The average Bonchev–Trinajstić information content (AvgIpc) is 2.35. The van der Waals surface area contributed by atoms with Gasteiger partial charge in [0, 0.05) is 17.6 Å². The third kappa shape index (κ3) is 4.07. The Labute approximate surface area is 129 Å². The van der Waals surface area contributed by atoms with E-state index in [4.69, 9.17) is 0 Å². The van der Waals surface area contributed by atoms with Gasteiger partial charge in [-0.05, 0) is 44.7 Å². The SMILES string of the molecule is CC(C)N(C(=O)c1ccccc1[C@H](O)C(C)(C)C)C(C)C.